The van der Waals surface area contributed by atoms with Crippen LogP contribution in [0.25, 0.3) is 0 Å². The van der Waals surface area contributed by atoms with Gasteiger partial charge in [0, 0.05) is 12.1 Å². The number of nitrogens with zero attached hydrogens (tertiary/aromatic N) is 1. The van der Waals surface area contributed by atoms with Crippen molar-refractivity contribution in [3.63, 3.8) is 0 Å². The maximum absolute atomic E-state index is 12.7. The minimum atomic E-state index is -3.61. The van der Waals surface area contributed by atoms with Gasteiger partial charge in [0.05, 0.1) is 23.8 Å². The molecule has 0 aliphatic carbocycles. The van der Waals surface area contributed by atoms with Gasteiger partial charge in [0.15, 0.2) is 15.9 Å². The number of benzene rings is 2. The minimum Gasteiger partial charge on any atom is -0.479 e. The lowest BCUT2D eigenvalue weighted by atomic mass is 10.1. The molecule has 1 amide bonds. The van der Waals surface area contributed by atoms with Crippen molar-refractivity contribution >= 4 is 21.7 Å². The van der Waals surface area contributed by atoms with Gasteiger partial charge in [0.25, 0.3) is 5.91 Å². The summed E-state index contributed by atoms with van der Waals surface area (Å²) < 4.78 is 30.5. The van der Waals surface area contributed by atoms with Gasteiger partial charge in [-0.15, -0.1) is 0 Å². The van der Waals surface area contributed by atoms with E-state index < -0.39 is 27.8 Å². The summed E-state index contributed by atoms with van der Waals surface area (Å²) in [6.07, 6.45) is -1.08. The first-order valence-electron chi connectivity index (χ1n) is 8.37. The van der Waals surface area contributed by atoms with Crippen LogP contribution in [0.3, 0.4) is 0 Å². The zero-order valence-corrected chi connectivity index (χ0v) is 15.3. The molecule has 27 heavy (non-hydrogen) atoms. The van der Waals surface area contributed by atoms with E-state index in [-0.39, 0.29) is 35.9 Å². The smallest absolute Gasteiger partial charge is 0.334 e. The summed E-state index contributed by atoms with van der Waals surface area (Å²) >= 11 is 0. The third kappa shape index (κ3) is 4.53. The third-order valence-corrected chi connectivity index (χ3v) is 5.95. The predicted octanol–water partition coefficient (Wildman–Crippen LogP) is 1.59. The van der Waals surface area contributed by atoms with Crippen molar-refractivity contribution in [1.82, 2.24) is 4.90 Å². The van der Waals surface area contributed by atoms with Crippen LogP contribution in [-0.4, -0.2) is 56.1 Å². The molecule has 0 aromatic heterocycles. The number of carboxylic acids is 1. The predicted molar refractivity (Wildman–Crippen MR) is 97.1 cm³/mol. The quantitative estimate of drug-likeness (QED) is 0.833. The number of ether oxygens (including phenoxy) is 1. The van der Waals surface area contributed by atoms with Gasteiger partial charge in [-0.2, -0.15) is 0 Å². The van der Waals surface area contributed by atoms with Gasteiger partial charge in [-0.3, -0.25) is 4.79 Å². The highest BCUT2D eigenvalue weighted by atomic mass is 32.2. The first-order chi connectivity index (χ1) is 12.9. The second kappa shape index (κ2) is 7.89. The summed E-state index contributed by atoms with van der Waals surface area (Å²) in [6.45, 7) is 0.299. The zero-order chi connectivity index (χ0) is 19.4. The molecule has 7 nitrogen and oxygen atoms in total. The fourth-order valence-electron chi connectivity index (χ4n) is 2.87. The number of rotatable bonds is 5. The van der Waals surface area contributed by atoms with Gasteiger partial charge >= 0.3 is 5.97 Å². The van der Waals surface area contributed by atoms with Crippen molar-refractivity contribution in [3.05, 3.63) is 65.7 Å². The van der Waals surface area contributed by atoms with Gasteiger partial charge in [-0.25, -0.2) is 13.2 Å². The largest absolute Gasteiger partial charge is 0.479 e. The average molecular weight is 389 g/mol. The van der Waals surface area contributed by atoms with E-state index in [1.807, 2.05) is 6.07 Å². The van der Waals surface area contributed by atoms with Gasteiger partial charge in [-0.1, -0.05) is 36.4 Å². The number of amides is 1. The van der Waals surface area contributed by atoms with Crippen LogP contribution in [0.15, 0.2) is 59.5 Å². The number of carbonyl (C=O) groups excluding carboxylic acids is 1. The van der Waals surface area contributed by atoms with Crippen LogP contribution in [0, 0.1) is 0 Å². The van der Waals surface area contributed by atoms with Gasteiger partial charge < -0.3 is 14.7 Å². The van der Waals surface area contributed by atoms with E-state index in [1.165, 1.54) is 29.2 Å². The van der Waals surface area contributed by atoms with Crippen molar-refractivity contribution in [1.29, 1.82) is 0 Å². The number of hydrogen-bond acceptors (Lipinski definition) is 5. The van der Waals surface area contributed by atoms with Crippen LogP contribution in [-0.2, 0) is 25.1 Å². The number of hydrogen-bond donors (Lipinski definition) is 1. The van der Waals surface area contributed by atoms with E-state index >= 15 is 0 Å². The highest BCUT2D eigenvalue weighted by Gasteiger charge is 2.30. The summed E-state index contributed by atoms with van der Waals surface area (Å²) in [7, 11) is -3.61. The molecule has 3 rings (SSSR count). The van der Waals surface area contributed by atoms with Crippen molar-refractivity contribution < 1.29 is 27.9 Å². The molecule has 0 radical (unpaired) electrons. The number of carboxylic acid groups (broad SMARTS) is 1. The van der Waals surface area contributed by atoms with E-state index in [2.05, 4.69) is 0 Å². The number of carbonyl (C=O) groups is 2. The fraction of sp³-hybridized carbons (Fsp3) is 0.263. The van der Waals surface area contributed by atoms with Gasteiger partial charge in [0.1, 0.15) is 0 Å². The lowest BCUT2D eigenvalue weighted by molar-refractivity contribution is -0.154. The first kappa shape index (κ1) is 19.1. The molecule has 2 aromatic carbocycles. The molecule has 1 heterocycles. The van der Waals surface area contributed by atoms with Crippen LogP contribution < -0.4 is 0 Å². The Kier molecular flexibility index (Phi) is 5.57. The van der Waals surface area contributed by atoms with Crippen LogP contribution >= 0.6 is 0 Å². The monoisotopic (exact) mass is 389 g/mol. The van der Waals surface area contributed by atoms with Crippen LogP contribution in [0.4, 0.5) is 0 Å². The Morgan fingerprint density at radius 1 is 1.11 bits per heavy atom. The molecular weight excluding hydrogens is 370 g/mol. The molecule has 1 aliphatic rings. The zero-order valence-electron chi connectivity index (χ0n) is 14.4. The molecule has 1 saturated heterocycles. The highest BCUT2D eigenvalue weighted by molar-refractivity contribution is 7.90. The molecule has 0 saturated carbocycles. The van der Waals surface area contributed by atoms with Gasteiger partial charge in [-0.05, 0) is 23.8 Å². The third-order valence-electron chi connectivity index (χ3n) is 4.27. The van der Waals surface area contributed by atoms with E-state index in [4.69, 9.17) is 9.84 Å². The Morgan fingerprint density at radius 3 is 2.56 bits per heavy atom. The van der Waals surface area contributed by atoms with Crippen molar-refractivity contribution in [2.75, 3.05) is 19.7 Å². The second-order valence-electron chi connectivity index (χ2n) is 6.22. The van der Waals surface area contributed by atoms with Crippen LogP contribution in [0.1, 0.15) is 15.9 Å². The van der Waals surface area contributed by atoms with Crippen molar-refractivity contribution in [2.24, 2.45) is 0 Å². The molecular formula is C19H19NO6S. The Bertz CT molecular complexity index is 942. The minimum absolute atomic E-state index is 0.0558. The summed E-state index contributed by atoms with van der Waals surface area (Å²) in [5.74, 6) is -1.71. The lowest BCUT2D eigenvalue weighted by Crippen LogP contribution is -2.48. The van der Waals surface area contributed by atoms with E-state index in [0.717, 1.165) is 0 Å². The Morgan fingerprint density at radius 2 is 1.85 bits per heavy atom. The maximum atomic E-state index is 12.7. The Labute approximate surface area is 157 Å². The topological polar surface area (TPSA) is 101 Å². The van der Waals surface area contributed by atoms with Crippen LogP contribution in [0.5, 0.6) is 0 Å². The number of sulfone groups is 1. The normalized spacial score (nSPS) is 17.5. The maximum Gasteiger partial charge on any atom is 0.334 e. The van der Waals surface area contributed by atoms with E-state index in [0.29, 0.717) is 5.56 Å². The summed E-state index contributed by atoms with van der Waals surface area (Å²) in [5.41, 5.74) is 0.863. The molecule has 1 fully saturated rings. The molecule has 0 spiro atoms. The molecule has 1 N–H and O–H groups in total. The van der Waals surface area contributed by atoms with Gasteiger partial charge in [0.2, 0.25) is 0 Å². The van der Waals surface area contributed by atoms with E-state index in [9.17, 15) is 18.0 Å². The molecule has 8 heteroatoms. The standard InChI is InChI=1S/C19H19NO6S/c21-18(20-9-10-26-17(12-20)19(22)23)15-7-4-8-16(11-15)27(24,25)13-14-5-2-1-3-6-14/h1-8,11,17H,9-10,12-13H2,(H,22,23). The number of aliphatic carboxylic acids is 1. The number of morpholine rings is 1. The summed E-state index contributed by atoms with van der Waals surface area (Å²) in [5, 5.41) is 9.06. The Balaban J connectivity index is 1.80. The molecule has 2 aromatic rings. The van der Waals surface area contributed by atoms with E-state index in [1.54, 1.807) is 24.3 Å². The fourth-order valence-corrected chi connectivity index (χ4v) is 4.26. The van der Waals surface area contributed by atoms with Crippen molar-refractivity contribution in [2.45, 2.75) is 16.8 Å². The Hall–Kier alpha value is -2.71. The van der Waals surface area contributed by atoms with Crippen LogP contribution in [0.2, 0.25) is 0 Å². The SMILES string of the molecule is O=C(O)C1CN(C(=O)c2cccc(S(=O)(=O)Cc3ccccc3)c2)CCO1. The summed E-state index contributed by atoms with van der Waals surface area (Å²) in [4.78, 5) is 25.2. The second-order valence-corrected chi connectivity index (χ2v) is 8.21. The highest BCUT2D eigenvalue weighted by Crippen LogP contribution is 2.19. The molecule has 1 atom stereocenters. The lowest BCUT2D eigenvalue weighted by Gasteiger charge is -2.31. The summed E-state index contributed by atoms with van der Waals surface area (Å²) in [6, 6.07) is 14.6. The molecule has 1 unspecified atom stereocenters. The first-order valence-corrected chi connectivity index (χ1v) is 10.0. The molecule has 0 bridgehead atoms. The average Bonchev–Trinajstić information content (AvgIpc) is 2.68. The molecule has 1 aliphatic heterocycles. The molecule has 142 valence electrons. The van der Waals surface area contributed by atoms with Crippen molar-refractivity contribution in [3.8, 4) is 0 Å².